The van der Waals surface area contributed by atoms with Gasteiger partial charge in [-0.1, -0.05) is 50.2 Å². The monoisotopic (exact) mass is 547 g/mol. The number of likely N-dealkylation sites (tertiary alicyclic amines) is 2. The van der Waals surface area contributed by atoms with Crippen molar-refractivity contribution in [1.29, 1.82) is 0 Å². The average molecular weight is 548 g/mol. The summed E-state index contributed by atoms with van der Waals surface area (Å²) in [4.78, 5) is 48.5. The summed E-state index contributed by atoms with van der Waals surface area (Å²) in [5.74, 6) is -0.563. The van der Waals surface area contributed by atoms with Gasteiger partial charge in [-0.3, -0.25) is 24.3 Å². The van der Waals surface area contributed by atoms with Crippen LogP contribution in [0.15, 0.2) is 54.7 Å². The third-order valence-corrected chi connectivity index (χ3v) is 8.93. The molecule has 1 aliphatic carbocycles. The van der Waals surface area contributed by atoms with E-state index < -0.39 is 12.1 Å². The molecule has 1 aromatic heterocycles. The normalized spacial score (nSPS) is 24.1. The number of nitrogens with zero attached hydrogens (tertiary/aromatic N) is 3. The minimum Gasteiger partial charge on any atom is -0.371 e. The van der Waals surface area contributed by atoms with E-state index in [2.05, 4.69) is 34.4 Å². The molecule has 3 heterocycles. The third kappa shape index (κ3) is 5.90. The van der Waals surface area contributed by atoms with Crippen LogP contribution in [-0.4, -0.2) is 77.9 Å². The van der Waals surface area contributed by atoms with Gasteiger partial charge in [0.15, 0.2) is 0 Å². The molecule has 3 aliphatic rings. The van der Waals surface area contributed by atoms with Gasteiger partial charge in [-0.05, 0) is 36.5 Å². The highest BCUT2D eigenvalue weighted by Crippen LogP contribution is 2.54. The molecule has 9 nitrogen and oxygen atoms in total. The number of ether oxygens (including phenoxy) is 1. The third-order valence-electron chi connectivity index (χ3n) is 8.93. The second-order valence-electron chi connectivity index (χ2n) is 12.4. The van der Waals surface area contributed by atoms with Gasteiger partial charge in [0.25, 0.3) is 0 Å². The molecule has 0 bridgehead atoms. The Bertz CT molecular complexity index is 1210. The molecule has 0 radical (unpaired) electrons. The zero-order chi connectivity index (χ0) is 28.5. The maximum Gasteiger partial charge on any atom is 0.245 e. The van der Waals surface area contributed by atoms with Crippen LogP contribution in [0.2, 0.25) is 0 Å². The van der Waals surface area contributed by atoms with E-state index in [4.69, 9.17) is 4.74 Å². The maximum absolute atomic E-state index is 13.9. The number of carbonyl (C=O) groups excluding carboxylic acids is 3. The molecule has 5 rings (SSSR count). The SMILES string of the molecule is CNC(=O)[C@@H](NC(=O)[C@@H]1CN(Cc2ccccn2)CC12CN(C(=O)[C@H]1CC1(C)C)C2)[C@@H](C)OCc1ccccc1. The number of likely N-dealkylation sites (N-methyl/N-ethyl adjacent to an activating group) is 1. The van der Waals surface area contributed by atoms with Crippen LogP contribution in [0.25, 0.3) is 0 Å². The largest absolute Gasteiger partial charge is 0.371 e. The Labute approximate surface area is 236 Å². The van der Waals surface area contributed by atoms with Crippen molar-refractivity contribution in [3.8, 4) is 0 Å². The van der Waals surface area contributed by atoms with Crippen LogP contribution in [0.5, 0.6) is 0 Å². The van der Waals surface area contributed by atoms with Crippen LogP contribution in [0.3, 0.4) is 0 Å². The molecule has 2 saturated heterocycles. The fraction of sp³-hybridized carbons (Fsp3) is 0.548. The quantitative estimate of drug-likeness (QED) is 0.473. The van der Waals surface area contributed by atoms with Gasteiger partial charge >= 0.3 is 0 Å². The molecule has 214 valence electrons. The summed E-state index contributed by atoms with van der Waals surface area (Å²) in [6, 6.07) is 14.7. The molecule has 4 atom stereocenters. The molecule has 1 spiro atoms. The molecule has 40 heavy (non-hydrogen) atoms. The summed E-state index contributed by atoms with van der Waals surface area (Å²) in [6.45, 7) is 9.39. The molecule has 0 unspecified atom stereocenters. The molecule has 1 aromatic carbocycles. The minimum atomic E-state index is -0.840. The highest BCUT2D eigenvalue weighted by molar-refractivity contribution is 5.90. The van der Waals surface area contributed by atoms with Crippen LogP contribution >= 0.6 is 0 Å². The molecular weight excluding hydrogens is 506 g/mol. The standard InChI is InChI=1S/C31H41N5O4/c1-21(40-17-22-10-6-5-7-11-22)26(28(38)32-4)34-27(37)25-16-35(15-23-12-8-9-13-33-23)18-31(25)19-36(20-31)29(39)24-14-30(24,2)3/h5-13,21,24-26H,14-20H2,1-4H3,(H,32,38)(H,34,37)/t21-,24-,25+,26+/m1/s1. The molecule has 1 saturated carbocycles. The van der Waals surface area contributed by atoms with Crippen LogP contribution in [0.4, 0.5) is 0 Å². The van der Waals surface area contributed by atoms with Crippen LogP contribution in [0.1, 0.15) is 38.4 Å². The predicted molar refractivity (Wildman–Crippen MR) is 151 cm³/mol. The number of hydrogen-bond acceptors (Lipinski definition) is 6. The first-order chi connectivity index (χ1) is 19.1. The van der Waals surface area contributed by atoms with Gasteiger partial charge in [-0.15, -0.1) is 0 Å². The number of amides is 3. The highest BCUT2D eigenvalue weighted by atomic mass is 16.5. The highest BCUT2D eigenvalue weighted by Gasteiger charge is 2.61. The van der Waals surface area contributed by atoms with Crippen molar-refractivity contribution >= 4 is 17.7 Å². The summed E-state index contributed by atoms with van der Waals surface area (Å²) in [5.41, 5.74) is 1.65. The molecule has 2 aliphatic heterocycles. The van der Waals surface area contributed by atoms with Crippen molar-refractivity contribution in [2.75, 3.05) is 33.2 Å². The van der Waals surface area contributed by atoms with E-state index in [1.54, 1.807) is 13.2 Å². The number of benzene rings is 1. The van der Waals surface area contributed by atoms with Crippen molar-refractivity contribution < 1.29 is 19.1 Å². The van der Waals surface area contributed by atoms with E-state index in [0.717, 1.165) is 17.7 Å². The van der Waals surface area contributed by atoms with Crippen molar-refractivity contribution in [2.45, 2.75) is 52.5 Å². The Hall–Kier alpha value is -3.30. The van der Waals surface area contributed by atoms with Crippen molar-refractivity contribution in [3.05, 3.63) is 66.0 Å². The average Bonchev–Trinajstić information content (AvgIpc) is 3.41. The summed E-state index contributed by atoms with van der Waals surface area (Å²) in [5, 5.41) is 5.70. The molecular formula is C31H41N5O4. The van der Waals surface area contributed by atoms with Crippen LogP contribution < -0.4 is 10.6 Å². The number of rotatable bonds is 10. The second-order valence-corrected chi connectivity index (χ2v) is 12.4. The van der Waals surface area contributed by atoms with E-state index in [1.807, 2.05) is 60.4 Å². The first-order valence-electron chi connectivity index (χ1n) is 14.2. The summed E-state index contributed by atoms with van der Waals surface area (Å²) >= 11 is 0. The molecule has 9 heteroatoms. The fourth-order valence-electron chi connectivity index (χ4n) is 6.28. The van der Waals surface area contributed by atoms with Gasteiger partial charge in [0, 0.05) is 57.3 Å². The Morgan fingerprint density at radius 3 is 2.38 bits per heavy atom. The number of carbonyl (C=O) groups is 3. The van der Waals surface area contributed by atoms with Gasteiger partial charge in [0.05, 0.1) is 24.3 Å². The summed E-state index contributed by atoms with van der Waals surface area (Å²) in [6.07, 6.45) is 2.15. The topological polar surface area (TPSA) is 104 Å². The van der Waals surface area contributed by atoms with Crippen LogP contribution in [-0.2, 0) is 32.3 Å². The zero-order valence-corrected chi connectivity index (χ0v) is 23.9. The number of nitrogens with one attached hydrogen (secondary N) is 2. The lowest BCUT2D eigenvalue weighted by atomic mass is 9.70. The molecule has 2 aromatic rings. The fourth-order valence-corrected chi connectivity index (χ4v) is 6.28. The second kappa shape index (κ2) is 11.3. The number of pyridine rings is 1. The van der Waals surface area contributed by atoms with E-state index in [-0.39, 0.29) is 40.4 Å². The Balaban J connectivity index is 1.29. The van der Waals surface area contributed by atoms with Gasteiger partial charge in [-0.25, -0.2) is 0 Å². The Morgan fingerprint density at radius 1 is 1.05 bits per heavy atom. The van der Waals surface area contributed by atoms with Gasteiger partial charge in [0.1, 0.15) is 6.04 Å². The predicted octanol–water partition coefficient (Wildman–Crippen LogP) is 2.22. The first kappa shape index (κ1) is 28.2. The zero-order valence-electron chi connectivity index (χ0n) is 23.9. The first-order valence-corrected chi connectivity index (χ1v) is 14.2. The number of aromatic nitrogens is 1. The molecule has 3 fully saturated rings. The lowest BCUT2D eigenvalue weighted by Gasteiger charge is -2.51. The van der Waals surface area contributed by atoms with Crippen molar-refractivity contribution in [2.24, 2.45) is 22.7 Å². The molecule has 3 amide bonds. The Morgan fingerprint density at radius 2 is 1.75 bits per heavy atom. The number of hydrogen-bond donors (Lipinski definition) is 2. The lowest BCUT2D eigenvalue weighted by molar-refractivity contribution is -0.152. The smallest absolute Gasteiger partial charge is 0.245 e. The van der Waals surface area contributed by atoms with E-state index in [1.165, 1.54) is 0 Å². The van der Waals surface area contributed by atoms with E-state index >= 15 is 0 Å². The minimum absolute atomic E-state index is 0.0634. The van der Waals surface area contributed by atoms with Crippen molar-refractivity contribution in [1.82, 2.24) is 25.4 Å². The molecule has 2 N–H and O–H groups in total. The Kier molecular flexibility index (Phi) is 7.97. The van der Waals surface area contributed by atoms with Gasteiger partial charge in [-0.2, -0.15) is 0 Å². The van der Waals surface area contributed by atoms with Gasteiger partial charge < -0.3 is 20.3 Å². The van der Waals surface area contributed by atoms with Crippen LogP contribution in [0, 0.1) is 22.7 Å². The van der Waals surface area contributed by atoms with E-state index in [9.17, 15) is 14.4 Å². The summed E-state index contributed by atoms with van der Waals surface area (Å²) in [7, 11) is 1.56. The lowest BCUT2D eigenvalue weighted by Crippen LogP contribution is -2.65. The van der Waals surface area contributed by atoms with Crippen molar-refractivity contribution in [3.63, 3.8) is 0 Å². The van der Waals surface area contributed by atoms with E-state index in [0.29, 0.717) is 39.3 Å². The summed E-state index contributed by atoms with van der Waals surface area (Å²) < 4.78 is 6.02. The van der Waals surface area contributed by atoms with Gasteiger partial charge in [0.2, 0.25) is 17.7 Å². The maximum atomic E-state index is 13.9.